The molecule has 0 radical (unpaired) electrons. The number of ether oxygens (including phenoxy) is 1. The first-order valence-electron chi connectivity index (χ1n) is 14.9. The van der Waals surface area contributed by atoms with Crippen molar-refractivity contribution in [1.82, 2.24) is 19.3 Å². The molecule has 1 amide bonds. The molecule has 2 aromatic carbocycles. The summed E-state index contributed by atoms with van der Waals surface area (Å²) < 4.78 is 22.3. The van der Waals surface area contributed by atoms with Crippen molar-refractivity contribution in [1.29, 1.82) is 0 Å². The van der Waals surface area contributed by atoms with E-state index in [-0.39, 0.29) is 23.8 Å². The van der Waals surface area contributed by atoms with Gasteiger partial charge in [0.25, 0.3) is 5.91 Å². The molecule has 9 heteroatoms. The number of anilines is 1. The number of aromatic nitrogens is 3. The molecule has 5 aromatic rings. The Morgan fingerprint density at radius 3 is 2.66 bits per heavy atom. The van der Waals surface area contributed by atoms with Crippen LogP contribution in [0.25, 0.3) is 28.0 Å². The number of hydrogen-bond acceptors (Lipinski definition) is 6. The molecule has 5 heterocycles. The summed E-state index contributed by atoms with van der Waals surface area (Å²) in [6, 6.07) is 18.9. The Kier molecular flexibility index (Phi) is 7.08. The fourth-order valence-corrected chi connectivity index (χ4v) is 6.56. The normalized spacial score (nSPS) is 18.0. The predicted molar refractivity (Wildman–Crippen MR) is 166 cm³/mol. The van der Waals surface area contributed by atoms with Gasteiger partial charge in [-0.1, -0.05) is 30.3 Å². The van der Waals surface area contributed by atoms with E-state index in [1.807, 2.05) is 50.6 Å². The van der Waals surface area contributed by atoms with Gasteiger partial charge < -0.3 is 18.9 Å². The van der Waals surface area contributed by atoms with Crippen LogP contribution < -0.4 is 4.90 Å². The highest BCUT2D eigenvalue weighted by molar-refractivity contribution is 5.97. The second kappa shape index (κ2) is 11.2. The molecule has 2 aliphatic heterocycles. The first kappa shape index (κ1) is 27.8. The lowest BCUT2D eigenvalue weighted by atomic mass is 9.93. The van der Waals surface area contributed by atoms with Crippen molar-refractivity contribution < 1.29 is 18.7 Å². The summed E-state index contributed by atoms with van der Waals surface area (Å²) in [6.07, 6.45) is 8.46. The first-order valence-corrected chi connectivity index (χ1v) is 14.9. The number of halogens is 1. The van der Waals surface area contributed by atoms with E-state index in [9.17, 15) is 9.59 Å². The molecule has 222 valence electrons. The molecule has 0 unspecified atom stereocenters. The zero-order valence-electron chi connectivity index (χ0n) is 24.6. The van der Waals surface area contributed by atoms with Crippen LogP contribution in [0.15, 0.2) is 85.5 Å². The molecule has 1 fully saturated rings. The Morgan fingerprint density at radius 2 is 1.86 bits per heavy atom. The van der Waals surface area contributed by atoms with Crippen molar-refractivity contribution in [3.63, 3.8) is 0 Å². The maximum absolute atomic E-state index is 15.6. The maximum Gasteiger partial charge on any atom is 0.310 e. The second-order valence-electron chi connectivity index (χ2n) is 11.5. The van der Waals surface area contributed by atoms with E-state index < -0.39 is 5.82 Å². The smallest absolute Gasteiger partial charge is 0.310 e. The number of methoxy groups -OCH3 is 1. The number of fused-ring (bicyclic) bond motifs is 2. The number of imidazole rings is 1. The second-order valence-corrected chi connectivity index (χ2v) is 11.5. The number of rotatable bonds is 5. The lowest BCUT2D eigenvalue weighted by Crippen LogP contribution is -2.38. The number of nitrogens with zero attached hydrogens (tertiary/aromatic N) is 5. The zero-order valence-corrected chi connectivity index (χ0v) is 24.6. The quantitative estimate of drug-likeness (QED) is 0.236. The Balaban J connectivity index is 1.25. The van der Waals surface area contributed by atoms with Crippen LogP contribution in [-0.4, -0.2) is 57.9 Å². The molecule has 2 aliphatic rings. The van der Waals surface area contributed by atoms with Gasteiger partial charge in [-0.15, -0.1) is 0 Å². The van der Waals surface area contributed by atoms with Crippen molar-refractivity contribution >= 4 is 23.2 Å². The fourth-order valence-electron chi connectivity index (χ4n) is 6.56. The average molecular weight is 590 g/mol. The van der Waals surface area contributed by atoms with Crippen LogP contribution >= 0.6 is 0 Å². The minimum absolute atomic E-state index is 0.0607. The van der Waals surface area contributed by atoms with E-state index in [2.05, 4.69) is 24.0 Å². The highest BCUT2D eigenvalue weighted by Crippen LogP contribution is 2.34. The van der Waals surface area contributed by atoms with Crippen LogP contribution in [0.5, 0.6) is 0 Å². The van der Waals surface area contributed by atoms with Crippen LogP contribution in [0.4, 0.5) is 10.1 Å². The van der Waals surface area contributed by atoms with E-state index in [4.69, 9.17) is 9.72 Å². The van der Waals surface area contributed by atoms with Crippen LogP contribution in [0.3, 0.4) is 0 Å². The number of hydrogen-bond donors (Lipinski definition) is 0. The van der Waals surface area contributed by atoms with Gasteiger partial charge in [0.05, 0.1) is 30.3 Å². The van der Waals surface area contributed by atoms with Crippen LogP contribution in [0.2, 0.25) is 0 Å². The monoisotopic (exact) mass is 589 g/mol. The number of benzene rings is 2. The maximum atomic E-state index is 15.6. The van der Waals surface area contributed by atoms with Crippen molar-refractivity contribution in [2.45, 2.75) is 25.8 Å². The minimum Gasteiger partial charge on any atom is -0.469 e. The van der Waals surface area contributed by atoms with Crippen molar-refractivity contribution in [3.05, 3.63) is 108 Å². The Labute approximate surface area is 254 Å². The Bertz CT molecular complexity index is 1890. The molecule has 0 bridgehead atoms. The summed E-state index contributed by atoms with van der Waals surface area (Å²) in [5.74, 6) is -0.934. The van der Waals surface area contributed by atoms with Gasteiger partial charge in [0.2, 0.25) is 0 Å². The standard InChI is InChI=1S/C35H32FN5O3/c1-22-28-8-4-3-6-23(28)12-15-41(22)34(42)26-16-30(24-7-5-13-37-18-24)33-38-32(21-40(33)20-26)29-10-9-27(17-31(29)36)39-14-11-25(19-39)35(43)44-2/h3-10,13,16-18,20-22,25H,11-12,14-15,19H2,1-2H3/t22-,25+/m1/s1. The number of amides is 1. The third-order valence-electron chi connectivity index (χ3n) is 8.94. The van der Waals surface area contributed by atoms with Gasteiger partial charge >= 0.3 is 5.97 Å². The predicted octanol–water partition coefficient (Wildman–Crippen LogP) is 5.96. The summed E-state index contributed by atoms with van der Waals surface area (Å²) in [4.78, 5) is 39.0. The van der Waals surface area contributed by atoms with Crippen LogP contribution in [0, 0.1) is 11.7 Å². The van der Waals surface area contributed by atoms with E-state index in [1.165, 1.54) is 24.3 Å². The number of pyridine rings is 2. The number of carbonyl (C=O) groups excluding carboxylic acids is 2. The highest BCUT2D eigenvalue weighted by atomic mass is 19.1. The molecule has 0 aliphatic carbocycles. The SMILES string of the molecule is COC(=O)[C@H]1CCN(c2ccc(-c3cn4cc(C(=O)N5CCc6ccccc6[C@H]5C)cc(-c5cccnc5)c4n3)c(F)c2)C1. The van der Waals surface area contributed by atoms with Crippen molar-refractivity contribution in [2.75, 3.05) is 31.6 Å². The van der Waals surface area contributed by atoms with Gasteiger partial charge in [0, 0.05) is 66.8 Å². The molecule has 1 saturated heterocycles. The molecule has 2 atom stereocenters. The number of esters is 1. The summed E-state index contributed by atoms with van der Waals surface area (Å²) in [5, 5.41) is 0. The largest absolute Gasteiger partial charge is 0.469 e. The molecular formula is C35H32FN5O3. The van der Waals surface area contributed by atoms with Gasteiger partial charge in [-0.25, -0.2) is 9.37 Å². The highest BCUT2D eigenvalue weighted by Gasteiger charge is 2.31. The topological polar surface area (TPSA) is 80.0 Å². The van der Waals surface area contributed by atoms with Gasteiger partial charge in [-0.05, 0) is 61.2 Å². The molecule has 0 saturated carbocycles. The van der Waals surface area contributed by atoms with Crippen LogP contribution in [-0.2, 0) is 16.0 Å². The summed E-state index contributed by atoms with van der Waals surface area (Å²) in [6.45, 7) is 3.84. The van der Waals surface area contributed by atoms with Crippen molar-refractivity contribution in [3.8, 4) is 22.4 Å². The minimum atomic E-state index is -0.410. The molecule has 8 nitrogen and oxygen atoms in total. The summed E-state index contributed by atoms with van der Waals surface area (Å²) >= 11 is 0. The molecule has 0 N–H and O–H groups in total. The summed E-state index contributed by atoms with van der Waals surface area (Å²) in [7, 11) is 1.39. The van der Waals surface area contributed by atoms with Gasteiger partial charge in [0.1, 0.15) is 11.5 Å². The van der Waals surface area contributed by atoms with E-state index in [0.29, 0.717) is 54.2 Å². The fraction of sp³-hybridized carbons (Fsp3) is 0.257. The van der Waals surface area contributed by atoms with Gasteiger partial charge in [0.15, 0.2) is 0 Å². The Morgan fingerprint density at radius 1 is 1.00 bits per heavy atom. The molecular weight excluding hydrogens is 557 g/mol. The third-order valence-corrected chi connectivity index (χ3v) is 8.94. The lowest BCUT2D eigenvalue weighted by molar-refractivity contribution is -0.144. The first-order chi connectivity index (χ1) is 21.4. The molecule has 0 spiro atoms. The number of carbonyl (C=O) groups is 2. The molecule has 7 rings (SSSR count). The average Bonchev–Trinajstić information content (AvgIpc) is 3.72. The third kappa shape index (κ3) is 4.88. The van der Waals surface area contributed by atoms with E-state index >= 15 is 4.39 Å². The van der Waals surface area contributed by atoms with Crippen molar-refractivity contribution in [2.24, 2.45) is 5.92 Å². The van der Waals surface area contributed by atoms with E-state index in [0.717, 1.165) is 17.5 Å². The molecule has 3 aromatic heterocycles. The lowest BCUT2D eigenvalue weighted by Gasteiger charge is -2.35. The van der Waals surface area contributed by atoms with Gasteiger partial charge in [-0.2, -0.15) is 0 Å². The summed E-state index contributed by atoms with van der Waals surface area (Å²) in [5.41, 5.74) is 6.64. The zero-order chi connectivity index (χ0) is 30.4. The van der Waals surface area contributed by atoms with E-state index in [1.54, 1.807) is 30.9 Å². The molecule has 44 heavy (non-hydrogen) atoms. The van der Waals surface area contributed by atoms with Gasteiger partial charge in [-0.3, -0.25) is 14.6 Å². The Hall–Kier alpha value is -5.05. The van der Waals surface area contributed by atoms with Crippen LogP contribution in [0.1, 0.15) is 40.9 Å².